The van der Waals surface area contributed by atoms with E-state index in [1.54, 1.807) is 0 Å². The molecule has 0 aliphatic heterocycles. The Bertz CT molecular complexity index is 531. The molecule has 1 atom stereocenters. The van der Waals surface area contributed by atoms with Gasteiger partial charge in [0, 0.05) is 35.3 Å². The zero-order valence-corrected chi connectivity index (χ0v) is 13.2. The number of thioether (sulfide) groups is 1. The topological polar surface area (TPSA) is 43.8 Å². The van der Waals surface area contributed by atoms with Crippen LogP contribution < -0.4 is 5.73 Å². The van der Waals surface area contributed by atoms with Gasteiger partial charge in [-0.2, -0.15) is 5.10 Å². The van der Waals surface area contributed by atoms with Crippen molar-refractivity contribution in [1.82, 2.24) is 9.78 Å². The second-order valence-corrected chi connectivity index (χ2v) is 6.56. The number of hydrogen-bond donors (Lipinski definition) is 1. The van der Waals surface area contributed by atoms with Crippen molar-refractivity contribution in [1.29, 1.82) is 0 Å². The highest BCUT2D eigenvalue weighted by Crippen LogP contribution is 2.19. The van der Waals surface area contributed by atoms with Gasteiger partial charge in [-0.15, -0.1) is 11.8 Å². The van der Waals surface area contributed by atoms with Gasteiger partial charge in [0.1, 0.15) is 0 Å². The third-order valence-electron chi connectivity index (χ3n) is 3.15. The maximum Gasteiger partial charge on any atom is 0.0640 e. The molecule has 1 aromatic heterocycles. The van der Waals surface area contributed by atoms with Crippen LogP contribution in [0.4, 0.5) is 0 Å². The van der Waals surface area contributed by atoms with E-state index in [2.05, 4.69) is 56.2 Å². The van der Waals surface area contributed by atoms with Crippen molar-refractivity contribution in [2.75, 3.05) is 5.75 Å². The summed E-state index contributed by atoms with van der Waals surface area (Å²) in [4.78, 5) is 1.28. The van der Waals surface area contributed by atoms with Gasteiger partial charge in [-0.1, -0.05) is 17.7 Å². The van der Waals surface area contributed by atoms with Crippen LogP contribution in [0.1, 0.15) is 31.1 Å². The molecule has 0 bridgehead atoms. The Hall–Kier alpha value is -1.26. The van der Waals surface area contributed by atoms with Crippen LogP contribution in [0.2, 0.25) is 0 Å². The van der Waals surface area contributed by atoms with Crippen LogP contribution in [0, 0.1) is 6.92 Å². The van der Waals surface area contributed by atoms with E-state index in [1.807, 2.05) is 22.6 Å². The fraction of sp³-hybridized carbons (Fsp3) is 0.438. The minimum Gasteiger partial charge on any atom is -0.327 e. The first-order valence-electron chi connectivity index (χ1n) is 7.03. The van der Waals surface area contributed by atoms with Crippen molar-refractivity contribution in [3.05, 3.63) is 47.8 Å². The number of nitrogens with zero attached hydrogens (tertiary/aromatic N) is 2. The highest BCUT2D eigenvalue weighted by atomic mass is 32.2. The summed E-state index contributed by atoms with van der Waals surface area (Å²) in [5, 5.41) is 4.54. The molecule has 1 heterocycles. The average Bonchev–Trinajstić information content (AvgIpc) is 2.87. The zero-order valence-electron chi connectivity index (χ0n) is 12.4. The van der Waals surface area contributed by atoms with E-state index in [1.165, 1.54) is 10.5 Å². The lowest BCUT2D eigenvalue weighted by Gasteiger charge is -2.10. The predicted molar refractivity (Wildman–Crippen MR) is 86.2 cm³/mol. The second-order valence-electron chi connectivity index (χ2n) is 5.47. The normalized spacial score (nSPS) is 12.8. The summed E-state index contributed by atoms with van der Waals surface area (Å²) < 4.78 is 1.98. The first-order chi connectivity index (χ1) is 9.54. The minimum absolute atomic E-state index is 0.136. The first kappa shape index (κ1) is 15.1. The second kappa shape index (κ2) is 6.95. The van der Waals surface area contributed by atoms with Gasteiger partial charge in [0.15, 0.2) is 0 Å². The molecule has 0 spiro atoms. The molecule has 1 aromatic carbocycles. The van der Waals surface area contributed by atoms with Gasteiger partial charge >= 0.3 is 0 Å². The van der Waals surface area contributed by atoms with Gasteiger partial charge < -0.3 is 5.73 Å². The van der Waals surface area contributed by atoms with Crippen LogP contribution >= 0.6 is 11.8 Å². The summed E-state index contributed by atoms with van der Waals surface area (Å²) in [5.41, 5.74) is 8.57. The maximum absolute atomic E-state index is 6.20. The molecule has 0 aliphatic rings. The Labute approximate surface area is 125 Å². The van der Waals surface area contributed by atoms with Gasteiger partial charge in [0.25, 0.3) is 0 Å². The third-order valence-corrected chi connectivity index (χ3v) is 4.35. The van der Waals surface area contributed by atoms with E-state index >= 15 is 0 Å². The number of aryl methyl sites for hydroxylation is 1. The highest BCUT2D eigenvalue weighted by Gasteiger charge is 2.08. The Morgan fingerprint density at radius 2 is 1.90 bits per heavy atom. The Morgan fingerprint density at radius 1 is 1.20 bits per heavy atom. The first-order valence-corrected chi connectivity index (χ1v) is 8.02. The average molecular weight is 289 g/mol. The molecule has 2 N–H and O–H groups in total. The van der Waals surface area contributed by atoms with Crippen LogP contribution in [-0.2, 0) is 6.42 Å². The Morgan fingerprint density at radius 3 is 2.50 bits per heavy atom. The summed E-state index contributed by atoms with van der Waals surface area (Å²) in [6.45, 7) is 6.36. The molecule has 1 unspecified atom stereocenters. The number of nitrogens with two attached hydrogens (primary N) is 1. The monoisotopic (exact) mass is 289 g/mol. The van der Waals surface area contributed by atoms with Crippen molar-refractivity contribution < 1.29 is 0 Å². The van der Waals surface area contributed by atoms with Crippen molar-refractivity contribution >= 4 is 11.8 Å². The molecule has 2 rings (SSSR count). The summed E-state index contributed by atoms with van der Waals surface area (Å²) >= 11 is 1.81. The van der Waals surface area contributed by atoms with Crippen LogP contribution in [0.3, 0.4) is 0 Å². The summed E-state index contributed by atoms with van der Waals surface area (Å²) in [6.07, 6.45) is 2.86. The molecule has 3 nitrogen and oxygen atoms in total. The molecule has 0 aliphatic carbocycles. The van der Waals surface area contributed by atoms with Crippen molar-refractivity contribution in [3.8, 4) is 0 Å². The molecular formula is C16H23N3S. The van der Waals surface area contributed by atoms with E-state index in [0.29, 0.717) is 6.04 Å². The van der Waals surface area contributed by atoms with Crippen molar-refractivity contribution in [2.45, 2.75) is 44.2 Å². The molecule has 0 saturated heterocycles. The molecule has 20 heavy (non-hydrogen) atoms. The molecule has 0 radical (unpaired) electrons. The predicted octanol–water partition coefficient (Wildman–Crippen LogP) is 3.43. The molecular weight excluding hydrogens is 266 g/mol. The number of aromatic nitrogens is 2. The third kappa shape index (κ3) is 4.39. The van der Waals surface area contributed by atoms with Gasteiger partial charge in [-0.05, 0) is 39.0 Å². The summed E-state index contributed by atoms with van der Waals surface area (Å²) in [6, 6.07) is 11.2. The molecule has 2 aromatic rings. The van der Waals surface area contributed by atoms with E-state index in [4.69, 9.17) is 5.73 Å². The summed E-state index contributed by atoms with van der Waals surface area (Å²) in [5.74, 6) is 0.914. The van der Waals surface area contributed by atoms with Crippen LogP contribution in [0.15, 0.2) is 41.4 Å². The molecule has 0 saturated carbocycles. The van der Waals surface area contributed by atoms with Crippen LogP contribution in [0.25, 0.3) is 0 Å². The molecule has 0 fully saturated rings. The number of rotatable bonds is 6. The highest BCUT2D eigenvalue weighted by molar-refractivity contribution is 7.99. The number of benzene rings is 1. The van der Waals surface area contributed by atoms with Gasteiger partial charge in [-0.3, -0.25) is 4.68 Å². The molecule has 0 amide bonds. The van der Waals surface area contributed by atoms with E-state index in [0.717, 1.165) is 17.9 Å². The van der Waals surface area contributed by atoms with Crippen molar-refractivity contribution in [2.24, 2.45) is 5.73 Å². The SMILES string of the molecule is Cc1ccc(SCC(N)Cc2ccn(C(C)C)n2)cc1. The minimum atomic E-state index is 0.136. The van der Waals surface area contributed by atoms with Crippen molar-refractivity contribution in [3.63, 3.8) is 0 Å². The quantitative estimate of drug-likeness (QED) is 0.829. The van der Waals surface area contributed by atoms with E-state index in [-0.39, 0.29) is 6.04 Å². The lowest BCUT2D eigenvalue weighted by molar-refractivity contribution is 0.523. The molecule has 108 valence electrons. The van der Waals surface area contributed by atoms with Gasteiger partial charge in [-0.25, -0.2) is 0 Å². The Balaban J connectivity index is 1.82. The fourth-order valence-corrected chi connectivity index (χ4v) is 2.79. The smallest absolute Gasteiger partial charge is 0.0640 e. The Kier molecular flexibility index (Phi) is 5.26. The maximum atomic E-state index is 6.20. The van der Waals surface area contributed by atoms with Gasteiger partial charge in [0.2, 0.25) is 0 Å². The number of hydrogen-bond acceptors (Lipinski definition) is 3. The van der Waals surface area contributed by atoms with E-state index in [9.17, 15) is 0 Å². The van der Waals surface area contributed by atoms with Crippen LogP contribution in [-0.4, -0.2) is 21.6 Å². The fourth-order valence-electron chi connectivity index (χ4n) is 1.94. The standard InChI is InChI=1S/C16H23N3S/c1-12(2)19-9-8-15(18-19)10-14(17)11-20-16-6-4-13(3)5-7-16/h4-9,12,14H,10-11,17H2,1-3H3. The van der Waals surface area contributed by atoms with E-state index < -0.39 is 0 Å². The largest absolute Gasteiger partial charge is 0.327 e. The van der Waals surface area contributed by atoms with Crippen LogP contribution in [0.5, 0.6) is 0 Å². The summed E-state index contributed by atoms with van der Waals surface area (Å²) in [7, 11) is 0. The zero-order chi connectivity index (χ0) is 14.5. The molecule has 4 heteroatoms. The van der Waals surface area contributed by atoms with Gasteiger partial charge in [0.05, 0.1) is 5.69 Å². The lowest BCUT2D eigenvalue weighted by Crippen LogP contribution is -2.25. The lowest BCUT2D eigenvalue weighted by atomic mass is 10.2.